The number of hydrogen-bond acceptors (Lipinski definition) is 4. The Morgan fingerprint density at radius 1 is 1.18 bits per heavy atom. The molecule has 0 atom stereocenters. The second-order valence-electron chi connectivity index (χ2n) is 5.44. The van der Waals surface area contributed by atoms with E-state index in [2.05, 4.69) is 15.2 Å². The summed E-state index contributed by atoms with van der Waals surface area (Å²) in [7, 11) is 0. The van der Waals surface area contributed by atoms with Crippen LogP contribution in [0.4, 0.5) is 0 Å². The molecule has 6 nitrogen and oxygen atoms in total. The van der Waals surface area contributed by atoms with Gasteiger partial charge in [0.15, 0.2) is 5.65 Å². The second-order valence-corrected chi connectivity index (χ2v) is 5.82. The molecule has 0 radical (unpaired) electrons. The van der Waals surface area contributed by atoms with Crippen LogP contribution in [-0.2, 0) is 0 Å². The maximum absolute atomic E-state index is 12.9. The van der Waals surface area contributed by atoms with Crippen molar-refractivity contribution in [3.63, 3.8) is 0 Å². The van der Waals surface area contributed by atoms with Crippen LogP contribution in [0.2, 0.25) is 5.02 Å². The minimum Gasteiger partial charge on any atom is -0.338 e. The molecule has 7 heteroatoms. The van der Waals surface area contributed by atoms with Crippen molar-refractivity contribution in [2.75, 3.05) is 13.1 Å². The summed E-state index contributed by atoms with van der Waals surface area (Å²) in [4.78, 5) is 19.1. The number of hydrogen-bond donors (Lipinski definition) is 0. The third-order valence-electron chi connectivity index (χ3n) is 4.10. The van der Waals surface area contributed by atoms with Gasteiger partial charge in [-0.15, -0.1) is 10.2 Å². The predicted molar refractivity (Wildman–Crippen MR) is 83.1 cm³/mol. The van der Waals surface area contributed by atoms with Crippen molar-refractivity contribution in [1.82, 2.24) is 24.5 Å². The molecule has 0 bridgehead atoms. The van der Waals surface area contributed by atoms with Gasteiger partial charge in [-0.05, 0) is 31.4 Å². The molecule has 4 heterocycles. The molecule has 0 N–H and O–H groups in total. The van der Waals surface area contributed by atoms with Crippen molar-refractivity contribution in [3.8, 4) is 0 Å². The molecule has 0 spiro atoms. The lowest BCUT2D eigenvalue weighted by Gasteiger charge is -2.27. The molecular weight excluding hydrogens is 302 g/mol. The number of carbonyl (C=O) groups excluding carboxylic acids is 1. The van der Waals surface area contributed by atoms with E-state index in [0.717, 1.165) is 31.3 Å². The highest BCUT2D eigenvalue weighted by atomic mass is 35.5. The lowest BCUT2D eigenvalue weighted by atomic mass is 10.1. The Morgan fingerprint density at radius 2 is 2.00 bits per heavy atom. The molecule has 4 rings (SSSR count). The van der Waals surface area contributed by atoms with E-state index < -0.39 is 0 Å². The number of piperidine rings is 1. The minimum atomic E-state index is -0.0755. The molecule has 0 unspecified atom stereocenters. The minimum absolute atomic E-state index is 0.0755. The van der Waals surface area contributed by atoms with Crippen LogP contribution in [0, 0.1) is 0 Å². The van der Waals surface area contributed by atoms with Gasteiger partial charge < -0.3 is 4.90 Å². The molecule has 0 saturated carbocycles. The van der Waals surface area contributed by atoms with Crippen LogP contribution >= 0.6 is 11.6 Å². The van der Waals surface area contributed by atoms with Gasteiger partial charge in [0, 0.05) is 24.7 Å². The smallest absolute Gasteiger partial charge is 0.259 e. The van der Waals surface area contributed by atoms with E-state index in [1.54, 1.807) is 23.0 Å². The van der Waals surface area contributed by atoms with Gasteiger partial charge in [0.05, 0.1) is 5.02 Å². The Balaban J connectivity index is 1.97. The SMILES string of the molecule is O=C(c1c(Cl)c2cccnc2n2cnnc12)N1CCCCC1. The van der Waals surface area contributed by atoms with Crippen molar-refractivity contribution >= 4 is 34.2 Å². The van der Waals surface area contributed by atoms with Crippen LogP contribution in [0.15, 0.2) is 24.7 Å². The fourth-order valence-electron chi connectivity index (χ4n) is 3.00. The van der Waals surface area contributed by atoms with Crippen LogP contribution in [0.5, 0.6) is 0 Å². The highest BCUT2D eigenvalue weighted by Crippen LogP contribution is 2.30. The molecule has 3 aromatic heterocycles. The quantitative estimate of drug-likeness (QED) is 0.692. The average Bonchev–Trinajstić information content (AvgIpc) is 3.05. The second kappa shape index (κ2) is 5.21. The number of carbonyl (C=O) groups is 1. The first-order valence-electron chi connectivity index (χ1n) is 7.32. The molecule has 1 fully saturated rings. The zero-order chi connectivity index (χ0) is 15.1. The summed E-state index contributed by atoms with van der Waals surface area (Å²) in [5, 5.41) is 9.15. The number of aromatic nitrogens is 4. The molecule has 0 aliphatic carbocycles. The highest BCUT2D eigenvalue weighted by Gasteiger charge is 2.26. The van der Waals surface area contributed by atoms with Gasteiger partial charge in [0.2, 0.25) is 0 Å². The zero-order valence-electron chi connectivity index (χ0n) is 11.9. The van der Waals surface area contributed by atoms with Gasteiger partial charge in [-0.2, -0.15) is 0 Å². The van der Waals surface area contributed by atoms with E-state index >= 15 is 0 Å². The van der Waals surface area contributed by atoms with Crippen molar-refractivity contribution in [2.24, 2.45) is 0 Å². The third kappa shape index (κ3) is 1.94. The van der Waals surface area contributed by atoms with E-state index in [9.17, 15) is 4.79 Å². The normalized spacial score (nSPS) is 15.6. The first kappa shape index (κ1) is 13.5. The number of fused-ring (bicyclic) bond motifs is 3. The maximum atomic E-state index is 12.9. The third-order valence-corrected chi connectivity index (χ3v) is 4.49. The van der Waals surface area contributed by atoms with Gasteiger partial charge in [0.1, 0.15) is 17.5 Å². The van der Waals surface area contributed by atoms with Crippen molar-refractivity contribution in [1.29, 1.82) is 0 Å². The van der Waals surface area contributed by atoms with Gasteiger partial charge in [0.25, 0.3) is 5.91 Å². The Kier molecular flexibility index (Phi) is 3.18. The summed E-state index contributed by atoms with van der Waals surface area (Å²) in [6, 6.07) is 3.66. The lowest BCUT2D eigenvalue weighted by Crippen LogP contribution is -2.36. The summed E-state index contributed by atoms with van der Waals surface area (Å²) < 4.78 is 1.72. The number of pyridine rings is 2. The van der Waals surface area contributed by atoms with Gasteiger partial charge in [-0.3, -0.25) is 9.20 Å². The van der Waals surface area contributed by atoms with Crippen LogP contribution in [0.1, 0.15) is 29.6 Å². The van der Waals surface area contributed by atoms with E-state index in [4.69, 9.17) is 11.6 Å². The van der Waals surface area contributed by atoms with Crippen LogP contribution in [-0.4, -0.2) is 43.5 Å². The molecule has 1 aliphatic heterocycles. The topological polar surface area (TPSA) is 63.4 Å². The van der Waals surface area contributed by atoms with Crippen LogP contribution in [0.3, 0.4) is 0 Å². The standard InChI is InChI=1S/C15H14ClN5O/c16-12-10-5-4-6-17-13(10)21-9-18-19-14(21)11(12)15(22)20-7-2-1-3-8-20/h4-6,9H,1-3,7-8H2. The average molecular weight is 316 g/mol. The zero-order valence-corrected chi connectivity index (χ0v) is 12.6. The predicted octanol–water partition coefficient (Wildman–Crippen LogP) is 2.56. The first-order valence-corrected chi connectivity index (χ1v) is 7.70. The van der Waals surface area contributed by atoms with Crippen LogP contribution in [0.25, 0.3) is 16.7 Å². The number of nitrogens with zero attached hydrogens (tertiary/aromatic N) is 5. The molecule has 22 heavy (non-hydrogen) atoms. The molecular formula is C15H14ClN5O. The van der Waals surface area contributed by atoms with E-state index in [-0.39, 0.29) is 5.91 Å². The van der Waals surface area contributed by atoms with Crippen molar-refractivity contribution < 1.29 is 4.79 Å². The van der Waals surface area contributed by atoms with Gasteiger partial charge >= 0.3 is 0 Å². The Labute approximate surface area is 131 Å². The summed E-state index contributed by atoms with van der Waals surface area (Å²) >= 11 is 6.52. The number of halogens is 1. The van der Waals surface area contributed by atoms with E-state index in [0.29, 0.717) is 21.9 Å². The largest absolute Gasteiger partial charge is 0.338 e. The van der Waals surface area contributed by atoms with Gasteiger partial charge in [-0.1, -0.05) is 11.6 Å². The number of amides is 1. The Bertz CT molecular complexity index is 869. The number of rotatable bonds is 1. The Hall–Kier alpha value is -2.21. The highest BCUT2D eigenvalue weighted by molar-refractivity contribution is 6.39. The van der Waals surface area contributed by atoms with E-state index in [1.807, 2.05) is 11.0 Å². The molecule has 1 aliphatic rings. The summed E-state index contributed by atoms with van der Waals surface area (Å²) in [6.45, 7) is 1.53. The fraction of sp³-hybridized carbons (Fsp3) is 0.333. The molecule has 1 saturated heterocycles. The first-order chi connectivity index (χ1) is 10.8. The Morgan fingerprint density at radius 3 is 2.82 bits per heavy atom. The van der Waals surface area contributed by atoms with Crippen LogP contribution < -0.4 is 0 Å². The fourth-order valence-corrected chi connectivity index (χ4v) is 3.31. The lowest BCUT2D eigenvalue weighted by molar-refractivity contribution is 0.0726. The maximum Gasteiger partial charge on any atom is 0.259 e. The monoisotopic (exact) mass is 315 g/mol. The summed E-state index contributed by atoms with van der Waals surface area (Å²) in [5.41, 5.74) is 1.54. The van der Waals surface area contributed by atoms with E-state index in [1.165, 1.54) is 6.42 Å². The van der Waals surface area contributed by atoms with Crippen molar-refractivity contribution in [2.45, 2.75) is 19.3 Å². The number of likely N-dealkylation sites (tertiary alicyclic amines) is 1. The molecule has 0 aromatic carbocycles. The molecule has 3 aromatic rings. The van der Waals surface area contributed by atoms with Crippen molar-refractivity contribution in [3.05, 3.63) is 35.2 Å². The summed E-state index contributed by atoms with van der Waals surface area (Å²) in [5.74, 6) is -0.0755. The summed E-state index contributed by atoms with van der Waals surface area (Å²) in [6.07, 6.45) is 6.47. The van der Waals surface area contributed by atoms with Gasteiger partial charge in [-0.25, -0.2) is 4.98 Å². The molecule has 112 valence electrons. The molecule has 1 amide bonds.